The van der Waals surface area contributed by atoms with Crippen LogP contribution in [0.4, 0.5) is 5.69 Å². The number of halogens is 1. The van der Waals surface area contributed by atoms with E-state index in [-0.39, 0.29) is 11.8 Å². The molecular weight excluding hydrogens is 236 g/mol. The second-order valence-corrected chi connectivity index (χ2v) is 4.63. The van der Waals surface area contributed by atoms with E-state index < -0.39 is 0 Å². The van der Waals surface area contributed by atoms with E-state index >= 15 is 0 Å². The molecule has 1 saturated heterocycles. The predicted octanol–water partition coefficient (Wildman–Crippen LogP) is 2.46. The molecule has 1 heterocycles. The van der Waals surface area contributed by atoms with Crippen molar-refractivity contribution in [1.29, 1.82) is 0 Å². The summed E-state index contributed by atoms with van der Waals surface area (Å²) >= 11 is 5.43. The van der Waals surface area contributed by atoms with Gasteiger partial charge in [-0.3, -0.25) is 9.69 Å². The summed E-state index contributed by atoms with van der Waals surface area (Å²) in [7, 11) is 0. The lowest BCUT2D eigenvalue weighted by molar-refractivity contribution is -0.113. The molecule has 1 N–H and O–H groups in total. The van der Waals surface area contributed by atoms with E-state index in [0.29, 0.717) is 0 Å². The van der Waals surface area contributed by atoms with Crippen molar-refractivity contribution >= 4 is 23.2 Å². The van der Waals surface area contributed by atoms with Crippen molar-refractivity contribution in [3.63, 3.8) is 0 Å². The molecule has 0 aliphatic carbocycles. The van der Waals surface area contributed by atoms with Crippen LogP contribution in [0, 0.1) is 0 Å². The lowest BCUT2D eigenvalue weighted by Crippen LogP contribution is -2.18. The Bertz CT molecular complexity index is 372. The first-order chi connectivity index (χ1) is 8.28. The molecule has 0 radical (unpaired) electrons. The zero-order chi connectivity index (χ0) is 12.1. The summed E-state index contributed by atoms with van der Waals surface area (Å²) in [4.78, 5) is 13.5. The van der Waals surface area contributed by atoms with Crippen LogP contribution in [-0.4, -0.2) is 29.8 Å². The second kappa shape index (κ2) is 6.03. The monoisotopic (exact) mass is 252 g/mol. The quantitative estimate of drug-likeness (QED) is 0.835. The van der Waals surface area contributed by atoms with Crippen molar-refractivity contribution in [2.75, 3.05) is 24.3 Å². The summed E-state index contributed by atoms with van der Waals surface area (Å²) in [6.45, 7) is 3.40. The molecule has 17 heavy (non-hydrogen) atoms. The van der Waals surface area contributed by atoms with Gasteiger partial charge in [-0.2, -0.15) is 0 Å². The number of rotatable bonds is 4. The number of nitrogens with zero attached hydrogens (tertiary/aromatic N) is 1. The number of anilines is 1. The first-order valence-electron chi connectivity index (χ1n) is 5.95. The third kappa shape index (κ3) is 3.72. The van der Waals surface area contributed by atoms with Gasteiger partial charge in [0.05, 0.1) is 0 Å². The minimum Gasteiger partial charge on any atom is -0.325 e. The number of likely N-dealkylation sites (tertiary alicyclic amines) is 1. The van der Waals surface area contributed by atoms with Gasteiger partial charge in [-0.1, -0.05) is 12.1 Å². The van der Waals surface area contributed by atoms with Crippen molar-refractivity contribution in [3.05, 3.63) is 29.8 Å². The van der Waals surface area contributed by atoms with Crippen molar-refractivity contribution in [2.24, 2.45) is 0 Å². The fraction of sp³-hybridized carbons (Fsp3) is 0.462. The van der Waals surface area contributed by atoms with Crippen LogP contribution in [0.3, 0.4) is 0 Å². The Kier molecular flexibility index (Phi) is 4.40. The van der Waals surface area contributed by atoms with E-state index in [4.69, 9.17) is 11.6 Å². The zero-order valence-corrected chi connectivity index (χ0v) is 10.5. The fourth-order valence-corrected chi connectivity index (χ4v) is 2.15. The molecule has 4 heteroatoms. The highest BCUT2D eigenvalue weighted by atomic mass is 35.5. The molecular formula is C13H17ClN2O. The Morgan fingerprint density at radius 1 is 1.24 bits per heavy atom. The number of hydrogen-bond acceptors (Lipinski definition) is 2. The second-order valence-electron chi connectivity index (χ2n) is 4.36. The third-order valence-corrected chi connectivity index (χ3v) is 3.21. The highest BCUT2D eigenvalue weighted by molar-refractivity contribution is 6.29. The Morgan fingerprint density at radius 2 is 1.88 bits per heavy atom. The first-order valence-corrected chi connectivity index (χ1v) is 6.48. The average Bonchev–Trinajstić information content (AvgIpc) is 2.84. The van der Waals surface area contributed by atoms with Crippen molar-refractivity contribution in [3.8, 4) is 0 Å². The summed E-state index contributed by atoms with van der Waals surface area (Å²) < 4.78 is 0. The minimum absolute atomic E-state index is 0.00444. The Balaban J connectivity index is 1.90. The van der Waals surface area contributed by atoms with Crippen LogP contribution in [-0.2, 0) is 11.3 Å². The maximum atomic E-state index is 11.1. The molecule has 1 aliphatic heterocycles. The number of amides is 1. The van der Waals surface area contributed by atoms with Crippen LogP contribution in [0.15, 0.2) is 24.3 Å². The molecule has 1 aromatic carbocycles. The molecule has 0 unspecified atom stereocenters. The molecule has 0 saturated carbocycles. The molecule has 2 rings (SSSR count). The predicted molar refractivity (Wildman–Crippen MR) is 70.3 cm³/mol. The smallest absolute Gasteiger partial charge is 0.239 e. The summed E-state index contributed by atoms with van der Waals surface area (Å²) in [5.41, 5.74) is 2.09. The molecule has 92 valence electrons. The third-order valence-electron chi connectivity index (χ3n) is 2.96. The molecule has 0 aromatic heterocycles. The maximum absolute atomic E-state index is 11.1. The van der Waals surface area contributed by atoms with E-state index in [1.807, 2.05) is 12.1 Å². The first kappa shape index (κ1) is 12.4. The summed E-state index contributed by atoms with van der Waals surface area (Å²) in [6, 6.07) is 7.97. The van der Waals surface area contributed by atoms with E-state index in [1.54, 1.807) is 0 Å². The van der Waals surface area contributed by atoms with E-state index in [1.165, 1.54) is 31.5 Å². The highest BCUT2D eigenvalue weighted by Crippen LogP contribution is 2.15. The number of nitrogens with one attached hydrogen (secondary N) is 1. The van der Waals surface area contributed by atoms with Gasteiger partial charge in [0.25, 0.3) is 0 Å². The molecule has 0 atom stereocenters. The van der Waals surface area contributed by atoms with Gasteiger partial charge in [0.1, 0.15) is 5.88 Å². The lowest BCUT2D eigenvalue weighted by atomic mass is 10.2. The Morgan fingerprint density at radius 3 is 2.47 bits per heavy atom. The van der Waals surface area contributed by atoms with Crippen molar-refractivity contribution in [1.82, 2.24) is 4.90 Å². The topological polar surface area (TPSA) is 32.3 Å². The zero-order valence-electron chi connectivity index (χ0n) is 9.79. The lowest BCUT2D eigenvalue weighted by Gasteiger charge is -2.14. The van der Waals surface area contributed by atoms with Crippen LogP contribution >= 0.6 is 11.6 Å². The van der Waals surface area contributed by atoms with Gasteiger partial charge in [0.2, 0.25) is 5.91 Å². The van der Waals surface area contributed by atoms with E-state index in [2.05, 4.69) is 22.3 Å². The van der Waals surface area contributed by atoms with Gasteiger partial charge in [0.15, 0.2) is 0 Å². The van der Waals surface area contributed by atoms with Crippen molar-refractivity contribution in [2.45, 2.75) is 19.4 Å². The number of benzene rings is 1. The summed E-state index contributed by atoms with van der Waals surface area (Å²) in [5, 5.41) is 2.73. The van der Waals surface area contributed by atoms with Gasteiger partial charge in [0, 0.05) is 12.2 Å². The highest BCUT2D eigenvalue weighted by Gasteiger charge is 2.11. The van der Waals surface area contributed by atoms with Crippen LogP contribution in [0.25, 0.3) is 0 Å². The standard InChI is InChI=1S/C13H17ClN2O/c14-9-13(17)15-12-5-3-11(4-6-12)10-16-7-1-2-8-16/h3-6H,1-2,7-10H2,(H,15,17). The molecule has 1 fully saturated rings. The van der Waals surface area contributed by atoms with Crippen LogP contribution < -0.4 is 5.32 Å². The normalized spacial score (nSPS) is 16.1. The molecule has 3 nitrogen and oxygen atoms in total. The Labute approximate surface area is 107 Å². The minimum atomic E-state index is -0.168. The number of carbonyl (C=O) groups is 1. The molecule has 1 amide bonds. The maximum Gasteiger partial charge on any atom is 0.239 e. The largest absolute Gasteiger partial charge is 0.325 e. The van der Waals surface area contributed by atoms with Gasteiger partial charge >= 0.3 is 0 Å². The van der Waals surface area contributed by atoms with Gasteiger partial charge in [-0.05, 0) is 43.6 Å². The summed E-state index contributed by atoms with van der Waals surface area (Å²) in [5.74, 6) is -0.172. The molecule has 0 spiro atoms. The van der Waals surface area contributed by atoms with Crippen LogP contribution in [0.2, 0.25) is 0 Å². The fourth-order valence-electron chi connectivity index (χ4n) is 2.09. The van der Waals surface area contributed by atoms with Crippen LogP contribution in [0.1, 0.15) is 18.4 Å². The molecule has 1 aliphatic rings. The number of alkyl halides is 1. The SMILES string of the molecule is O=C(CCl)Nc1ccc(CN2CCCC2)cc1. The number of carbonyl (C=O) groups excluding carboxylic acids is 1. The van der Waals surface area contributed by atoms with Gasteiger partial charge in [-0.15, -0.1) is 11.6 Å². The van der Waals surface area contributed by atoms with E-state index in [0.717, 1.165) is 12.2 Å². The van der Waals surface area contributed by atoms with E-state index in [9.17, 15) is 4.79 Å². The van der Waals surface area contributed by atoms with Crippen LogP contribution in [0.5, 0.6) is 0 Å². The average molecular weight is 253 g/mol. The Hall–Kier alpha value is -1.06. The summed E-state index contributed by atoms with van der Waals surface area (Å²) in [6.07, 6.45) is 2.62. The van der Waals surface area contributed by atoms with Gasteiger partial charge in [-0.25, -0.2) is 0 Å². The van der Waals surface area contributed by atoms with Crippen molar-refractivity contribution < 1.29 is 4.79 Å². The number of hydrogen-bond donors (Lipinski definition) is 1. The van der Waals surface area contributed by atoms with Gasteiger partial charge < -0.3 is 5.32 Å². The molecule has 1 aromatic rings. The molecule has 0 bridgehead atoms.